The lowest BCUT2D eigenvalue weighted by Crippen LogP contribution is -2.14. The van der Waals surface area contributed by atoms with Crippen molar-refractivity contribution in [1.82, 2.24) is 0 Å². The Labute approximate surface area is 133 Å². The summed E-state index contributed by atoms with van der Waals surface area (Å²) in [6.07, 6.45) is 0.552. The first kappa shape index (κ1) is 15.0. The molecule has 1 unspecified atom stereocenters. The lowest BCUT2D eigenvalue weighted by molar-refractivity contribution is 0.621. The topological polar surface area (TPSA) is 26.0 Å². The number of benzene rings is 2. The second-order valence-electron chi connectivity index (χ2n) is 4.25. The smallest absolute Gasteiger partial charge is 0.124 e. The van der Waals surface area contributed by atoms with Crippen LogP contribution in [0.4, 0.5) is 4.39 Å². The molecule has 0 fully saturated rings. The van der Waals surface area contributed by atoms with E-state index >= 15 is 0 Å². The lowest BCUT2D eigenvalue weighted by Gasteiger charge is -2.14. The van der Waals surface area contributed by atoms with E-state index in [1.807, 2.05) is 12.1 Å². The van der Waals surface area contributed by atoms with Crippen LogP contribution in [0.3, 0.4) is 0 Å². The SMILES string of the molecule is NC(Cc1cc(F)cc(Br)c1)c1ccc(Cl)cc1Br. The molecule has 0 aliphatic heterocycles. The standard InChI is InChI=1S/C14H11Br2ClFN/c15-9-3-8(4-11(18)6-9)5-14(19)12-2-1-10(17)7-13(12)16/h1-4,6-7,14H,5,19H2. The van der Waals surface area contributed by atoms with Crippen LogP contribution in [-0.2, 0) is 6.42 Å². The first-order chi connectivity index (χ1) is 8.95. The summed E-state index contributed by atoms with van der Waals surface area (Å²) in [5.41, 5.74) is 7.96. The van der Waals surface area contributed by atoms with E-state index in [0.29, 0.717) is 15.9 Å². The normalized spacial score (nSPS) is 12.5. The van der Waals surface area contributed by atoms with Gasteiger partial charge in [0.25, 0.3) is 0 Å². The van der Waals surface area contributed by atoms with E-state index in [-0.39, 0.29) is 11.9 Å². The molecule has 1 atom stereocenters. The Hall–Kier alpha value is -0.420. The molecule has 2 rings (SSSR count). The van der Waals surface area contributed by atoms with Gasteiger partial charge in [0.2, 0.25) is 0 Å². The lowest BCUT2D eigenvalue weighted by atomic mass is 10.00. The largest absolute Gasteiger partial charge is 0.324 e. The third kappa shape index (κ3) is 4.02. The van der Waals surface area contributed by atoms with Gasteiger partial charge < -0.3 is 5.73 Å². The van der Waals surface area contributed by atoms with Gasteiger partial charge in [0.15, 0.2) is 0 Å². The Bertz CT molecular complexity index is 584. The molecule has 0 aromatic heterocycles. The molecule has 100 valence electrons. The molecule has 2 aromatic carbocycles. The van der Waals surface area contributed by atoms with E-state index in [2.05, 4.69) is 31.9 Å². The zero-order valence-electron chi connectivity index (χ0n) is 9.84. The highest BCUT2D eigenvalue weighted by atomic mass is 79.9. The van der Waals surface area contributed by atoms with Crippen LogP contribution in [0.1, 0.15) is 17.2 Å². The molecular weight excluding hydrogens is 396 g/mol. The number of rotatable bonds is 3. The Morgan fingerprint density at radius 1 is 1.16 bits per heavy atom. The van der Waals surface area contributed by atoms with Crippen LogP contribution in [-0.4, -0.2) is 0 Å². The van der Waals surface area contributed by atoms with Gasteiger partial charge in [0.1, 0.15) is 5.82 Å². The van der Waals surface area contributed by atoms with Crippen LogP contribution in [0.15, 0.2) is 45.3 Å². The number of halogens is 4. The predicted molar refractivity (Wildman–Crippen MR) is 83.9 cm³/mol. The molecule has 0 amide bonds. The Morgan fingerprint density at radius 3 is 2.53 bits per heavy atom. The summed E-state index contributed by atoms with van der Waals surface area (Å²) in [5.74, 6) is -0.272. The van der Waals surface area contributed by atoms with E-state index in [0.717, 1.165) is 15.6 Å². The summed E-state index contributed by atoms with van der Waals surface area (Å²) in [6, 6.07) is 10.0. The van der Waals surface area contributed by atoms with Crippen molar-refractivity contribution in [3.05, 3.63) is 67.3 Å². The first-order valence-electron chi connectivity index (χ1n) is 5.61. The van der Waals surface area contributed by atoms with E-state index in [1.165, 1.54) is 12.1 Å². The third-order valence-corrected chi connectivity index (χ3v) is 4.12. The molecule has 0 aliphatic rings. The number of hydrogen-bond donors (Lipinski definition) is 1. The van der Waals surface area contributed by atoms with Crippen molar-refractivity contribution in [1.29, 1.82) is 0 Å². The fraction of sp³-hybridized carbons (Fsp3) is 0.143. The summed E-state index contributed by atoms with van der Waals surface area (Å²) in [4.78, 5) is 0. The highest BCUT2D eigenvalue weighted by Gasteiger charge is 2.12. The van der Waals surface area contributed by atoms with Crippen molar-refractivity contribution in [3.8, 4) is 0 Å². The summed E-state index contributed by atoms with van der Waals surface area (Å²) < 4.78 is 14.9. The minimum absolute atomic E-state index is 0.222. The van der Waals surface area contributed by atoms with Gasteiger partial charge in [-0.2, -0.15) is 0 Å². The van der Waals surface area contributed by atoms with E-state index in [1.54, 1.807) is 12.1 Å². The van der Waals surface area contributed by atoms with E-state index in [9.17, 15) is 4.39 Å². The summed E-state index contributed by atoms with van der Waals surface area (Å²) in [6.45, 7) is 0. The molecule has 0 radical (unpaired) electrons. The Morgan fingerprint density at radius 2 is 1.89 bits per heavy atom. The van der Waals surface area contributed by atoms with Gasteiger partial charge in [0, 0.05) is 20.0 Å². The summed E-state index contributed by atoms with van der Waals surface area (Å²) in [5, 5.41) is 0.649. The molecule has 0 spiro atoms. The molecule has 19 heavy (non-hydrogen) atoms. The minimum Gasteiger partial charge on any atom is -0.324 e. The van der Waals surface area contributed by atoms with Gasteiger partial charge >= 0.3 is 0 Å². The van der Waals surface area contributed by atoms with Crippen LogP contribution in [0.2, 0.25) is 5.02 Å². The molecular formula is C14H11Br2ClFN. The van der Waals surface area contributed by atoms with E-state index in [4.69, 9.17) is 17.3 Å². The highest BCUT2D eigenvalue weighted by molar-refractivity contribution is 9.10. The first-order valence-corrected chi connectivity index (χ1v) is 7.57. The molecule has 0 heterocycles. The van der Waals surface area contributed by atoms with Gasteiger partial charge in [-0.3, -0.25) is 0 Å². The third-order valence-electron chi connectivity index (χ3n) is 2.74. The summed E-state index contributed by atoms with van der Waals surface area (Å²) >= 11 is 12.6. The average molecular weight is 408 g/mol. The minimum atomic E-state index is -0.272. The fourth-order valence-electron chi connectivity index (χ4n) is 1.89. The van der Waals surface area contributed by atoms with Crippen molar-refractivity contribution in [3.63, 3.8) is 0 Å². The second kappa shape index (κ2) is 6.35. The van der Waals surface area contributed by atoms with Gasteiger partial charge in [-0.05, 0) is 47.9 Å². The Kier molecular flexibility index (Phi) is 5.01. The molecule has 0 aliphatic carbocycles. The molecule has 1 nitrogen and oxygen atoms in total. The van der Waals surface area contributed by atoms with E-state index < -0.39 is 0 Å². The maximum absolute atomic E-state index is 13.3. The number of nitrogens with two attached hydrogens (primary N) is 1. The molecule has 0 bridgehead atoms. The van der Waals surface area contributed by atoms with Crippen molar-refractivity contribution in [2.24, 2.45) is 5.73 Å². The van der Waals surface area contributed by atoms with Gasteiger partial charge in [-0.15, -0.1) is 0 Å². The van der Waals surface area contributed by atoms with Crippen LogP contribution >= 0.6 is 43.5 Å². The molecule has 2 aromatic rings. The summed E-state index contributed by atoms with van der Waals surface area (Å²) in [7, 11) is 0. The van der Waals surface area contributed by atoms with Crippen LogP contribution < -0.4 is 5.73 Å². The van der Waals surface area contributed by atoms with Crippen molar-refractivity contribution >= 4 is 43.5 Å². The van der Waals surface area contributed by atoms with Gasteiger partial charge in [-0.1, -0.05) is 49.5 Å². The molecule has 0 saturated carbocycles. The van der Waals surface area contributed by atoms with Crippen LogP contribution in [0.5, 0.6) is 0 Å². The average Bonchev–Trinajstić information content (AvgIpc) is 2.26. The van der Waals surface area contributed by atoms with Crippen molar-refractivity contribution in [2.45, 2.75) is 12.5 Å². The maximum atomic E-state index is 13.3. The quantitative estimate of drug-likeness (QED) is 0.739. The molecule has 2 N–H and O–H groups in total. The molecule has 0 saturated heterocycles. The van der Waals surface area contributed by atoms with Crippen molar-refractivity contribution < 1.29 is 4.39 Å². The maximum Gasteiger partial charge on any atom is 0.124 e. The predicted octanol–water partition coefficient (Wildman–Crippen LogP) is 5.25. The Balaban J connectivity index is 2.22. The zero-order valence-corrected chi connectivity index (χ0v) is 13.8. The highest BCUT2D eigenvalue weighted by Crippen LogP contribution is 2.28. The van der Waals surface area contributed by atoms with Crippen LogP contribution in [0.25, 0.3) is 0 Å². The zero-order chi connectivity index (χ0) is 14.0. The van der Waals surface area contributed by atoms with Gasteiger partial charge in [0.05, 0.1) is 0 Å². The monoisotopic (exact) mass is 405 g/mol. The fourth-order valence-corrected chi connectivity index (χ4v) is 3.38. The molecule has 5 heteroatoms. The van der Waals surface area contributed by atoms with Gasteiger partial charge in [-0.25, -0.2) is 4.39 Å². The number of hydrogen-bond acceptors (Lipinski definition) is 1. The van der Waals surface area contributed by atoms with Crippen LogP contribution in [0, 0.1) is 5.82 Å². The van der Waals surface area contributed by atoms with Crippen molar-refractivity contribution in [2.75, 3.05) is 0 Å². The second-order valence-corrected chi connectivity index (χ2v) is 6.46.